The number of hydrogen-bond acceptors (Lipinski definition) is 4. The summed E-state index contributed by atoms with van der Waals surface area (Å²) < 4.78 is 0. The molecule has 7 heteroatoms. The third-order valence-corrected chi connectivity index (χ3v) is 5.55. The Hall–Kier alpha value is -0.800. The topological polar surface area (TPSA) is 30.9 Å². The second-order valence-corrected chi connectivity index (χ2v) is 6.99. The van der Waals surface area contributed by atoms with Crippen molar-refractivity contribution >= 4 is 57.6 Å². The maximum absolute atomic E-state index is 4.44. The van der Waals surface area contributed by atoms with Gasteiger partial charge >= 0.3 is 0 Å². The molecule has 1 saturated heterocycles. The van der Waals surface area contributed by atoms with Crippen molar-refractivity contribution in [2.75, 3.05) is 44.7 Å². The average molecular weight is 462 g/mol. The van der Waals surface area contributed by atoms with Gasteiger partial charge in [0, 0.05) is 39.8 Å². The van der Waals surface area contributed by atoms with Crippen LogP contribution >= 0.6 is 46.7 Å². The minimum atomic E-state index is 0. The quantitative estimate of drug-likeness (QED) is 0.430. The zero-order valence-corrected chi connectivity index (χ0v) is 17.2. The summed E-state index contributed by atoms with van der Waals surface area (Å²) in [5.74, 6) is 1.03. The molecule has 3 rings (SSSR count). The molecule has 4 nitrogen and oxygen atoms in total. The normalized spacial score (nSPS) is 15.4. The van der Waals surface area contributed by atoms with E-state index in [1.807, 2.05) is 18.4 Å². The van der Waals surface area contributed by atoms with Gasteiger partial charge in [-0.2, -0.15) is 11.3 Å². The van der Waals surface area contributed by atoms with Crippen LogP contribution in [0, 0.1) is 0 Å². The third kappa shape index (κ3) is 5.09. The van der Waals surface area contributed by atoms with Crippen molar-refractivity contribution in [1.29, 1.82) is 0 Å². The van der Waals surface area contributed by atoms with E-state index in [2.05, 4.69) is 54.4 Å². The minimum Gasteiger partial charge on any atom is -0.360 e. The van der Waals surface area contributed by atoms with Gasteiger partial charge in [0.15, 0.2) is 5.96 Å². The largest absolute Gasteiger partial charge is 0.360 e. The van der Waals surface area contributed by atoms with E-state index < -0.39 is 0 Å². The van der Waals surface area contributed by atoms with Crippen LogP contribution in [0.2, 0.25) is 0 Å². The van der Waals surface area contributed by atoms with E-state index in [1.165, 1.54) is 10.6 Å². The Morgan fingerprint density at radius 2 is 2.04 bits per heavy atom. The fourth-order valence-corrected chi connectivity index (χ4v) is 4.16. The highest BCUT2D eigenvalue weighted by atomic mass is 127. The molecule has 0 aliphatic carbocycles. The van der Waals surface area contributed by atoms with Gasteiger partial charge in [0.05, 0.1) is 5.00 Å². The molecule has 1 N–H and O–H groups in total. The number of piperazine rings is 1. The molecule has 0 atom stereocenters. The van der Waals surface area contributed by atoms with E-state index in [0.29, 0.717) is 0 Å². The summed E-state index contributed by atoms with van der Waals surface area (Å²) in [6.45, 7) is 5.11. The molecule has 0 unspecified atom stereocenters. The van der Waals surface area contributed by atoms with Gasteiger partial charge < -0.3 is 15.1 Å². The van der Waals surface area contributed by atoms with E-state index in [-0.39, 0.29) is 24.0 Å². The summed E-state index contributed by atoms with van der Waals surface area (Å²) in [6, 6.07) is 6.51. The summed E-state index contributed by atoms with van der Waals surface area (Å²) in [5.41, 5.74) is 1.40. The number of aliphatic imine (C=N–C) groups is 1. The maximum atomic E-state index is 4.44. The monoisotopic (exact) mass is 462 g/mol. The summed E-state index contributed by atoms with van der Waals surface area (Å²) >= 11 is 3.58. The number of anilines is 1. The van der Waals surface area contributed by atoms with Crippen LogP contribution in [0.1, 0.15) is 5.56 Å². The van der Waals surface area contributed by atoms with Crippen LogP contribution in [0.3, 0.4) is 0 Å². The number of guanidine groups is 1. The van der Waals surface area contributed by atoms with Crippen molar-refractivity contribution in [3.8, 4) is 0 Å². The Labute approximate surface area is 163 Å². The zero-order chi connectivity index (χ0) is 15.2. The molecule has 2 aromatic heterocycles. The van der Waals surface area contributed by atoms with E-state index in [1.54, 1.807) is 11.3 Å². The number of nitrogens with one attached hydrogen (secondary N) is 1. The predicted molar refractivity (Wildman–Crippen MR) is 113 cm³/mol. The molecule has 1 aliphatic rings. The Balaban J connectivity index is 0.00000192. The van der Waals surface area contributed by atoms with Crippen LogP contribution in [0.25, 0.3) is 0 Å². The number of rotatable bonds is 4. The Morgan fingerprint density at radius 3 is 2.65 bits per heavy atom. The number of thiophene rings is 2. The lowest BCUT2D eigenvalue weighted by Gasteiger charge is -2.37. The first-order valence-electron chi connectivity index (χ1n) is 7.62. The molecule has 2 aromatic rings. The van der Waals surface area contributed by atoms with E-state index in [9.17, 15) is 0 Å². The van der Waals surface area contributed by atoms with E-state index in [4.69, 9.17) is 0 Å². The summed E-state index contributed by atoms with van der Waals surface area (Å²) in [6.07, 6.45) is 1.05. The molecule has 0 bridgehead atoms. The molecule has 0 radical (unpaired) electrons. The van der Waals surface area contributed by atoms with Gasteiger partial charge in [0.25, 0.3) is 0 Å². The van der Waals surface area contributed by atoms with Crippen molar-refractivity contribution < 1.29 is 0 Å². The molecular formula is C16H23IN4S2. The third-order valence-electron chi connectivity index (χ3n) is 3.89. The van der Waals surface area contributed by atoms with Gasteiger partial charge in [0.2, 0.25) is 0 Å². The highest BCUT2D eigenvalue weighted by molar-refractivity contribution is 14.0. The van der Waals surface area contributed by atoms with Crippen molar-refractivity contribution in [2.24, 2.45) is 4.99 Å². The van der Waals surface area contributed by atoms with Crippen LogP contribution in [-0.4, -0.2) is 50.6 Å². The lowest BCUT2D eigenvalue weighted by atomic mass is 10.2. The van der Waals surface area contributed by atoms with Crippen LogP contribution in [0.15, 0.2) is 39.3 Å². The zero-order valence-electron chi connectivity index (χ0n) is 13.3. The van der Waals surface area contributed by atoms with Crippen LogP contribution in [-0.2, 0) is 6.42 Å². The molecule has 126 valence electrons. The average Bonchev–Trinajstić information content (AvgIpc) is 3.25. The minimum absolute atomic E-state index is 0. The molecule has 0 saturated carbocycles. The van der Waals surface area contributed by atoms with Crippen LogP contribution in [0.5, 0.6) is 0 Å². The fraction of sp³-hybridized carbons (Fsp3) is 0.438. The highest BCUT2D eigenvalue weighted by Crippen LogP contribution is 2.22. The van der Waals surface area contributed by atoms with Gasteiger partial charge in [-0.05, 0) is 46.3 Å². The van der Waals surface area contributed by atoms with Crippen molar-refractivity contribution in [2.45, 2.75) is 6.42 Å². The van der Waals surface area contributed by atoms with Gasteiger partial charge in [-0.1, -0.05) is 0 Å². The highest BCUT2D eigenvalue weighted by Gasteiger charge is 2.19. The SMILES string of the molecule is CN=C(NCCc1ccsc1)N1CCN(c2cccs2)CC1.I. The Morgan fingerprint density at radius 1 is 1.22 bits per heavy atom. The van der Waals surface area contributed by atoms with Crippen LogP contribution < -0.4 is 10.2 Å². The fourth-order valence-electron chi connectivity index (χ4n) is 2.67. The second-order valence-electron chi connectivity index (χ2n) is 5.28. The Bertz CT molecular complexity index is 575. The Kier molecular flexibility index (Phi) is 7.64. The standard InChI is InChI=1S/C16H22N4S2.HI/c1-17-16(18-6-4-14-5-12-21-13-14)20-9-7-19(8-10-20)15-3-2-11-22-15;/h2-3,5,11-13H,4,6-10H2,1H3,(H,17,18);1H. The molecule has 0 spiro atoms. The van der Waals surface area contributed by atoms with Crippen molar-refractivity contribution in [3.05, 3.63) is 39.9 Å². The lowest BCUT2D eigenvalue weighted by Crippen LogP contribution is -2.52. The first-order chi connectivity index (χ1) is 10.9. The second kappa shape index (κ2) is 9.48. The smallest absolute Gasteiger partial charge is 0.193 e. The molecule has 0 amide bonds. The van der Waals surface area contributed by atoms with E-state index >= 15 is 0 Å². The predicted octanol–water partition coefficient (Wildman–Crippen LogP) is 3.37. The molecule has 1 fully saturated rings. The molecule has 0 aromatic carbocycles. The summed E-state index contributed by atoms with van der Waals surface area (Å²) in [7, 11) is 1.87. The maximum Gasteiger partial charge on any atom is 0.193 e. The first-order valence-corrected chi connectivity index (χ1v) is 9.44. The van der Waals surface area contributed by atoms with Gasteiger partial charge in [-0.25, -0.2) is 0 Å². The summed E-state index contributed by atoms with van der Waals surface area (Å²) in [5, 5.41) is 11.4. The molecule has 23 heavy (non-hydrogen) atoms. The molecular weight excluding hydrogens is 439 g/mol. The van der Waals surface area contributed by atoms with E-state index in [0.717, 1.165) is 45.1 Å². The first kappa shape index (κ1) is 18.5. The lowest BCUT2D eigenvalue weighted by molar-refractivity contribution is 0.374. The summed E-state index contributed by atoms with van der Waals surface area (Å²) in [4.78, 5) is 9.25. The number of hydrogen-bond donors (Lipinski definition) is 1. The van der Waals surface area contributed by atoms with Crippen molar-refractivity contribution in [1.82, 2.24) is 10.2 Å². The molecule has 1 aliphatic heterocycles. The van der Waals surface area contributed by atoms with Gasteiger partial charge in [-0.3, -0.25) is 4.99 Å². The number of nitrogens with zero attached hydrogens (tertiary/aromatic N) is 3. The van der Waals surface area contributed by atoms with Gasteiger partial charge in [-0.15, -0.1) is 35.3 Å². The van der Waals surface area contributed by atoms with Crippen molar-refractivity contribution in [3.63, 3.8) is 0 Å². The van der Waals surface area contributed by atoms with Gasteiger partial charge in [0.1, 0.15) is 0 Å². The van der Waals surface area contributed by atoms with Crippen LogP contribution in [0.4, 0.5) is 5.00 Å². The number of halogens is 1. The molecule has 3 heterocycles.